The van der Waals surface area contributed by atoms with Gasteiger partial charge in [0.25, 0.3) is 0 Å². The van der Waals surface area contributed by atoms with Crippen LogP contribution in [0.15, 0.2) is 41.8 Å². The molecule has 0 fully saturated rings. The topological polar surface area (TPSA) is 34.1 Å². The summed E-state index contributed by atoms with van der Waals surface area (Å²) < 4.78 is 24.4. The van der Waals surface area contributed by atoms with E-state index in [-0.39, 0.29) is 0 Å². The van der Waals surface area contributed by atoms with Gasteiger partial charge in [-0.1, -0.05) is 37.1 Å². The third-order valence-corrected chi connectivity index (χ3v) is 4.74. The third kappa shape index (κ3) is 2.73. The minimum atomic E-state index is -3.25. The molecule has 0 N–H and O–H groups in total. The summed E-state index contributed by atoms with van der Waals surface area (Å²) in [7, 11) is -3.25. The summed E-state index contributed by atoms with van der Waals surface area (Å²) >= 11 is 0. The minimum absolute atomic E-state index is 0.386. The van der Waals surface area contributed by atoms with Gasteiger partial charge in [-0.25, -0.2) is 8.42 Å². The maximum absolute atomic E-state index is 12.2. The Hall–Kier alpha value is -1.09. The molecule has 0 aromatic heterocycles. The Bertz CT molecular complexity index is 443. The van der Waals surface area contributed by atoms with Gasteiger partial charge in [-0.3, -0.25) is 0 Å². The van der Waals surface area contributed by atoms with Crippen molar-refractivity contribution in [2.45, 2.75) is 36.8 Å². The van der Waals surface area contributed by atoms with Gasteiger partial charge in [-0.05, 0) is 25.5 Å². The molecule has 0 saturated heterocycles. The van der Waals surface area contributed by atoms with Gasteiger partial charge in [0.1, 0.15) is 0 Å². The summed E-state index contributed by atoms with van der Waals surface area (Å²) in [5, 5.41) is -0.472. The first-order chi connectivity index (χ1) is 7.52. The average Bonchev–Trinajstić information content (AvgIpc) is 2.26. The lowest BCUT2D eigenvalue weighted by atomic mass is 10.2. The smallest absolute Gasteiger partial charge is 0.184 e. The van der Waals surface area contributed by atoms with Crippen molar-refractivity contribution in [3.8, 4) is 0 Å². The SMILES string of the molecule is C=CC(CCC)S(=O)(=O)c1ccc(C)cc1. The van der Waals surface area contributed by atoms with Crippen LogP contribution in [0.1, 0.15) is 25.3 Å². The van der Waals surface area contributed by atoms with E-state index in [4.69, 9.17) is 0 Å². The normalized spacial score (nSPS) is 13.4. The lowest BCUT2D eigenvalue weighted by Gasteiger charge is -2.12. The predicted octanol–water partition coefficient (Wildman–Crippen LogP) is 3.12. The lowest BCUT2D eigenvalue weighted by molar-refractivity contribution is 0.582. The minimum Gasteiger partial charge on any atom is -0.223 e. The maximum atomic E-state index is 12.2. The van der Waals surface area contributed by atoms with Gasteiger partial charge in [0.05, 0.1) is 10.1 Å². The van der Waals surface area contributed by atoms with E-state index in [1.807, 2.05) is 26.0 Å². The highest BCUT2D eigenvalue weighted by Crippen LogP contribution is 2.20. The van der Waals surface area contributed by atoms with Crippen LogP contribution < -0.4 is 0 Å². The largest absolute Gasteiger partial charge is 0.223 e. The van der Waals surface area contributed by atoms with Gasteiger partial charge < -0.3 is 0 Å². The van der Waals surface area contributed by atoms with Gasteiger partial charge >= 0.3 is 0 Å². The van der Waals surface area contributed by atoms with Crippen molar-refractivity contribution in [3.63, 3.8) is 0 Å². The molecule has 0 aliphatic heterocycles. The molecule has 0 aliphatic rings. The summed E-state index contributed by atoms with van der Waals surface area (Å²) in [6.07, 6.45) is 2.99. The molecule has 0 bridgehead atoms. The van der Waals surface area contributed by atoms with Crippen LogP contribution in [-0.4, -0.2) is 13.7 Å². The zero-order valence-corrected chi connectivity index (χ0v) is 10.6. The highest BCUT2D eigenvalue weighted by molar-refractivity contribution is 7.92. The molecular formula is C13H18O2S. The Morgan fingerprint density at radius 2 is 1.88 bits per heavy atom. The molecule has 3 heteroatoms. The number of rotatable bonds is 5. The Kier molecular flexibility index (Phi) is 4.30. The molecule has 1 unspecified atom stereocenters. The van der Waals surface area contributed by atoms with Crippen molar-refractivity contribution in [3.05, 3.63) is 42.5 Å². The Morgan fingerprint density at radius 1 is 1.31 bits per heavy atom. The standard InChI is InChI=1S/C13H18O2S/c1-4-6-12(5-2)16(14,15)13-9-7-11(3)8-10-13/h5,7-10,12H,2,4,6H2,1,3H3. The average molecular weight is 238 g/mol. The molecule has 88 valence electrons. The number of sulfone groups is 1. The van der Waals surface area contributed by atoms with E-state index in [0.717, 1.165) is 12.0 Å². The second-order valence-corrected chi connectivity index (χ2v) is 6.09. The summed E-state index contributed by atoms with van der Waals surface area (Å²) in [5.41, 5.74) is 1.06. The first-order valence-corrected chi connectivity index (χ1v) is 7.00. The number of hydrogen-bond donors (Lipinski definition) is 0. The van der Waals surface area contributed by atoms with Crippen LogP contribution >= 0.6 is 0 Å². The van der Waals surface area contributed by atoms with Gasteiger partial charge in [-0.15, -0.1) is 6.58 Å². The molecule has 16 heavy (non-hydrogen) atoms. The van der Waals surface area contributed by atoms with E-state index in [2.05, 4.69) is 6.58 Å². The molecule has 0 aliphatic carbocycles. The molecule has 0 spiro atoms. The van der Waals surface area contributed by atoms with E-state index >= 15 is 0 Å². The molecule has 0 radical (unpaired) electrons. The zero-order chi connectivity index (χ0) is 12.2. The number of hydrogen-bond acceptors (Lipinski definition) is 2. The fourth-order valence-electron chi connectivity index (χ4n) is 1.59. The summed E-state index contributed by atoms with van der Waals surface area (Å²) in [4.78, 5) is 0.386. The molecule has 0 heterocycles. The Morgan fingerprint density at radius 3 is 2.31 bits per heavy atom. The number of benzene rings is 1. The first-order valence-electron chi connectivity index (χ1n) is 5.45. The Labute approximate surface area is 97.9 Å². The summed E-state index contributed by atoms with van der Waals surface area (Å²) in [6, 6.07) is 6.96. The van der Waals surface area contributed by atoms with Crippen LogP contribution in [0.4, 0.5) is 0 Å². The maximum Gasteiger partial charge on any atom is 0.184 e. The summed E-state index contributed by atoms with van der Waals surface area (Å²) in [5.74, 6) is 0. The second kappa shape index (κ2) is 5.30. The molecule has 1 aromatic carbocycles. The molecule has 1 aromatic rings. The first kappa shape index (κ1) is 13.0. The molecule has 0 saturated carbocycles. The van der Waals surface area contributed by atoms with Crippen LogP contribution in [0.3, 0.4) is 0 Å². The third-order valence-electron chi connectivity index (χ3n) is 2.58. The number of aryl methyl sites for hydroxylation is 1. The van der Waals surface area contributed by atoms with Crippen LogP contribution in [0.2, 0.25) is 0 Å². The zero-order valence-electron chi connectivity index (χ0n) is 9.81. The van der Waals surface area contributed by atoms with E-state index in [0.29, 0.717) is 11.3 Å². The van der Waals surface area contributed by atoms with Gasteiger partial charge in [0, 0.05) is 0 Å². The van der Waals surface area contributed by atoms with Gasteiger partial charge in [0.15, 0.2) is 9.84 Å². The molecule has 0 amide bonds. The highest BCUT2D eigenvalue weighted by atomic mass is 32.2. The van der Waals surface area contributed by atoms with Crippen molar-refractivity contribution in [2.24, 2.45) is 0 Å². The monoisotopic (exact) mass is 238 g/mol. The Balaban J connectivity index is 3.09. The van der Waals surface area contributed by atoms with Crippen molar-refractivity contribution >= 4 is 9.84 Å². The molecule has 2 nitrogen and oxygen atoms in total. The van der Waals surface area contributed by atoms with Crippen molar-refractivity contribution in [2.75, 3.05) is 0 Å². The lowest BCUT2D eigenvalue weighted by Crippen LogP contribution is -2.18. The fraction of sp³-hybridized carbons (Fsp3) is 0.385. The molecular weight excluding hydrogens is 220 g/mol. The van der Waals surface area contributed by atoms with Crippen molar-refractivity contribution in [1.82, 2.24) is 0 Å². The van der Waals surface area contributed by atoms with Gasteiger partial charge in [0.2, 0.25) is 0 Å². The second-order valence-electron chi connectivity index (χ2n) is 3.92. The quantitative estimate of drug-likeness (QED) is 0.739. The highest BCUT2D eigenvalue weighted by Gasteiger charge is 2.23. The van der Waals surface area contributed by atoms with Crippen LogP contribution in [-0.2, 0) is 9.84 Å². The van der Waals surface area contributed by atoms with Gasteiger partial charge in [-0.2, -0.15) is 0 Å². The van der Waals surface area contributed by atoms with E-state index in [1.165, 1.54) is 6.08 Å². The molecule has 1 atom stereocenters. The molecule has 1 rings (SSSR count). The fourth-order valence-corrected chi connectivity index (χ4v) is 3.25. The van der Waals surface area contributed by atoms with Crippen molar-refractivity contribution in [1.29, 1.82) is 0 Å². The van der Waals surface area contributed by atoms with E-state index in [1.54, 1.807) is 12.1 Å². The van der Waals surface area contributed by atoms with Crippen LogP contribution in [0.25, 0.3) is 0 Å². The van der Waals surface area contributed by atoms with Crippen molar-refractivity contribution < 1.29 is 8.42 Å². The van der Waals surface area contributed by atoms with E-state index < -0.39 is 15.1 Å². The van der Waals surface area contributed by atoms with Crippen LogP contribution in [0, 0.1) is 6.92 Å². The van der Waals surface area contributed by atoms with Crippen LogP contribution in [0.5, 0.6) is 0 Å². The predicted molar refractivity (Wildman–Crippen MR) is 67.3 cm³/mol. The summed E-state index contributed by atoms with van der Waals surface area (Å²) in [6.45, 7) is 7.52. The van der Waals surface area contributed by atoms with E-state index in [9.17, 15) is 8.42 Å².